The first-order chi connectivity index (χ1) is 8.98. The molecule has 1 aromatic rings. The molecule has 0 atom stereocenters. The van der Waals surface area contributed by atoms with E-state index in [-0.39, 0.29) is 18.1 Å². The molecule has 0 saturated heterocycles. The molecule has 1 N–H and O–H groups in total. The normalized spacial score (nSPS) is 11.5. The van der Waals surface area contributed by atoms with Crippen LogP contribution < -0.4 is 10.1 Å². The number of hydrogen-bond acceptors (Lipinski definition) is 5. The number of aryl methyl sites for hydroxylation is 1. The molecule has 0 bridgehead atoms. The molecule has 1 heterocycles. The van der Waals surface area contributed by atoms with Gasteiger partial charge in [-0.25, -0.2) is 8.42 Å². The predicted molar refractivity (Wildman–Crippen MR) is 76.2 cm³/mol. The van der Waals surface area contributed by atoms with Crippen molar-refractivity contribution in [3.63, 3.8) is 0 Å². The van der Waals surface area contributed by atoms with E-state index in [9.17, 15) is 8.42 Å². The molecule has 0 fully saturated rings. The average Bonchev–Trinajstić information content (AvgIpc) is 2.38. The summed E-state index contributed by atoms with van der Waals surface area (Å²) in [6.07, 6.45) is 0. The Balaban J connectivity index is 2.66. The average molecular weight is 286 g/mol. The van der Waals surface area contributed by atoms with Crippen LogP contribution in [0.15, 0.2) is 12.1 Å². The van der Waals surface area contributed by atoms with Gasteiger partial charge in [0.25, 0.3) is 0 Å². The number of aromatic nitrogens is 1. The predicted octanol–water partition coefficient (Wildman–Crippen LogP) is 1.31. The second-order valence-corrected chi connectivity index (χ2v) is 6.74. The lowest BCUT2D eigenvalue weighted by Crippen LogP contribution is -2.18. The van der Waals surface area contributed by atoms with Crippen LogP contribution in [-0.4, -0.2) is 38.1 Å². The van der Waals surface area contributed by atoms with Gasteiger partial charge in [-0.3, -0.25) is 4.98 Å². The lowest BCUT2D eigenvalue weighted by molar-refractivity contribution is 0.334. The van der Waals surface area contributed by atoms with E-state index in [1.165, 1.54) is 0 Å². The van der Waals surface area contributed by atoms with Crippen molar-refractivity contribution in [2.75, 3.05) is 24.7 Å². The molecule has 0 saturated carbocycles. The zero-order chi connectivity index (χ0) is 14.3. The minimum atomic E-state index is -2.99. The zero-order valence-electron chi connectivity index (χ0n) is 11.8. The molecule has 0 aliphatic heterocycles. The van der Waals surface area contributed by atoms with Crippen LogP contribution in [0.3, 0.4) is 0 Å². The standard InChI is InChI=1S/C13H22N2O3S/c1-4-14-10-12-13(7-6-11(3)15-12)18-8-9-19(16,17)5-2/h6-7,14H,4-5,8-10H2,1-3H3. The first-order valence-electron chi connectivity index (χ1n) is 6.49. The molecule has 5 nitrogen and oxygen atoms in total. The number of pyridine rings is 1. The SMILES string of the molecule is CCNCc1nc(C)ccc1OCCS(=O)(=O)CC. The summed E-state index contributed by atoms with van der Waals surface area (Å²) in [6, 6.07) is 3.70. The van der Waals surface area contributed by atoms with Gasteiger partial charge in [0.1, 0.15) is 12.4 Å². The maximum Gasteiger partial charge on any atom is 0.153 e. The Morgan fingerprint density at radius 3 is 2.68 bits per heavy atom. The summed E-state index contributed by atoms with van der Waals surface area (Å²) in [6.45, 7) is 7.21. The summed E-state index contributed by atoms with van der Waals surface area (Å²) in [7, 11) is -2.99. The quantitative estimate of drug-likeness (QED) is 0.780. The summed E-state index contributed by atoms with van der Waals surface area (Å²) < 4.78 is 28.3. The minimum absolute atomic E-state index is 0.0397. The molecule has 0 aliphatic carbocycles. The Labute approximate surface area is 115 Å². The van der Waals surface area contributed by atoms with Crippen LogP contribution >= 0.6 is 0 Å². The van der Waals surface area contributed by atoms with E-state index >= 15 is 0 Å². The van der Waals surface area contributed by atoms with Crippen LogP contribution in [0.5, 0.6) is 5.75 Å². The van der Waals surface area contributed by atoms with Gasteiger partial charge in [0.05, 0.1) is 11.4 Å². The fourth-order valence-corrected chi connectivity index (χ4v) is 2.15. The molecule has 1 rings (SSSR count). The summed E-state index contributed by atoms with van der Waals surface area (Å²) in [4.78, 5) is 4.41. The van der Waals surface area contributed by atoms with Gasteiger partial charge >= 0.3 is 0 Å². The van der Waals surface area contributed by atoms with E-state index in [1.807, 2.05) is 26.0 Å². The molecule has 0 aromatic carbocycles. The van der Waals surface area contributed by atoms with Crippen molar-refractivity contribution in [3.8, 4) is 5.75 Å². The van der Waals surface area contributed by atoms with Crippen LogP contribution in [0.1, 0.15) is 25.2 Å². The number of rotatable bonds is 8. The Bertz CT molecular complexity index is 501. The van der Waals surface area contributed by atoms with Gasteiger partial charge in [0.2, 0.25) is 0 Å². The smallest absolute Gasteiger partial charge is 0.153 e. The molecule has 0 spiro atoms. The molecule has 0 aliphatic rings. The highest BCUT2D eigenvalue weighted by molar-refractivity contribution is 7.91. The maximum absolute atomic E-state index is 11.4. The molecule has 0 radical (unpaired) electrons. The van der Waals surface area contributed by atoms with Gasteiger partial charge in [-0.1, -0.05) is 13.8 Å². The van der Waals surface area contributed by atoms with Gasteiger partial charge in [-0.05, 0) is 25.6 Å². The lowest BCUT2D eigenvalue weighted by Gasteiger charge is -2.11. The van der Waals surface area contributed by atoms with E-state index in [0.717, 1.165) is 17.9 Å². The highest BCUT2D eigenvalue weighted by Gasteiger charge is 2.10. The van der Waals surface area contributed by atoms with Crippen LogP contribution in [0.4, 0.5) is 0 Å². The number of hydrogen-bond donors (Lipinski definition) is 1. The second kappa shape index (κ2) is 7.45. The van der Waals surface area contributed by atoms with Crippen molar-refractivity contribution in [2.24, 2.45) is 0 Å². The molecular weight excluding hydrogens is 264 g/mol. The van der Waals surface area contributed by atoms with Gasteiger partial charge in [-0.15, -0.1) is 0 Å². The van der Waals surface area contributed by atoms with Crippen LogP contribution in [-0.2, 0) is 16.4 Å². The van der Waals surface area contributed by atoms with Gasteiger partial charge in [0, 0.05) is 18.0 Å². The van der Waals surface area contributed by atoms with Crippen molar-refractivity contribution in [3.05, 3.63) is 23.5 Å². The van der Waals surface area contributed by atoms with E-state index in [4.69, 9.17) is 4.74 Å². The molecule has 108 valence electrons. The molecular formula is C13H22N2O3S. The number of nitrogens with one attached hydrogen (secondary N) is 1. The van der Waals surface area contributed by atoms with Crippen molar-refractivity contribution in [1.29, 1.82) is 0 Å². The zero-order valence-corrected chi connectivity index (χ0v) is 12.6. The summed E-state index contributed by atoms with van der Waals surface area (Å²) >= 11 is 0. The van der Waals surface area contributed by atoms with Crippen molar-refractivity contribution in [2.45, 2.75) is 27.3 Å². The third-order valence-corrected chi connectivity index (χ3v) is 4.37. The van der Waals surface area contributed by atoms with Gasteiger partial charge < -0.3 is 10.1 Å². The fraction of sp³-hybridized carbons (Fsp3) is 0.615. The first-order valence-corrected chi connectivity index (χ1v) is 8.31. The van der Waals surface area contributed by atoms with Crippen molar-refractivity contribution < 1.29 is 13.2 Å². The third kappa shape index (κ3) is 5.57. The summed E-state index contributed by atoms with van der Waals surface area (Å²) in [5.41, 5.74) is 1.73. The Kier molecular flexibility index (Phi) is 6.24. The van der Waals surface area contributed by atoms with Gasteiger partial charge in [0.15, 0.2) is 9.84 Å². The first kappa shape index (κ1) is 15.9. The molecule has 1 aromatic heterocycles. The van der Waals surface area contributed by atoms with E-state index < -0.39 is 9.84 Å². The molecule has 6 heteroatoms. The van der Waals surface area contributed by atoms with Gasteiger partial charge in [-0.2, -0.15) is 0 Å². The topological polar surface area (TPSA) is 68.3 Å². The number of ether oxygens (including phenoxy) is 1. The summed E-state index contributed by atoms with van der Waals surface area (Å²) in [5, 5.41) is 3.19. The number of nitrogens with zero attached hydrogens (tertiary/aromatic N) is 1. The second-order valence-electron chi connectivity index (χ2n) is 4.26. The monoisotopic (exact) mass is 286 g/mol. The lowest BCUT2D eigenvalue weighted by atomic mass is 10.3. The summed E-state index contributed by atoms with van der Waals surface area (Å²) in [5.74, 6) is 0.836. The van der Waals surface area contributed by atoms with Crippen LogP contribution in [0.2, 0.25) is 0 Å². The van der Waals surface area contributed by atoms with Crippen LogP contribution in [0.25, 0.3) is 0 Å². The Hall–Kier alpha value is -1.14. The van der Waals surface area contributed by atoms with E-state index in [0.29, 0.717) is 12.3 Å². The largest absolute Gasteiger partial charge is 0.491 e. The Morgan fingerprint density at radius 2 is 2.05 bits per heavy atom. The minimum Gasteiger partial charge on any atom is -0.491 e. The highest BCUT2D eigenvalue weighted by atomic mass is 32.2. The van der Waals surface area contributed by atoms with E-state index in [2.05, 4.69) is 10.3 Å². The molecule has 19 heavy (non-hydrogen) atoms. The Morgan fingerprint density at radius 1 is 1.32 bits per heavy atom. The van der Waals surface area contributed by atoms with Crippen molar-refractivity contribution in [1.82, 2.24) is 10.3 Å². The van der Waals surface area contributed by atoms with Crippen molar-refractivity contribution >= 4 is 9.84 Å². The fourth-order valence-electron chi connectivity index (χ4n) is 1.52. The third-order valence-electron chi connectivity index (χ3n) is 2.71. The van der Waals surface area contributed by atoms with Crippen LogP contribution in [0, 0.1) is 6.92 Å². The maximum atomic E-state index is 11.4. The highest BCUT2D eigenvalue weighted by Crippen LogP contribution is 2.16. The molecule has 0 unspecified atom stereocenters. The molecule has 0 amide bonds. The number of sulfone groups is 1. The van der Waals surface area contributed by atoms with E-state index in [1.54, 1.807) is 6.92 Å².